The molecule has 220 valence electrons. The molecule has 1 saturated heterocycles. The van der Waals surface area contributed by atoms with E-state index >= 15 is 0 Å². The molecular formula is C32H44N6O3. The molecule has 1 aliphatic heterocycles. The van der Waals surface area contributed by atoms with Gasteiger partial charge in [-0.3, -0.25) is 4.90 Å². The first-order chi connectivity index (χ1) is 19.7. The first kappa shape index (κ1) is 28.0. The largest absolute Gasteiger partial charge is 0.444 e. The second kappa shape index (κ2) is 11.6. The fourth-order valence-electron chi connectivity index (χ4n) is 5.98. The number of benzene rings is 1. The minimum Gasteiger partial charge on any atom is -0.444 e. The van der Waals surface area contributed by atoms with Crippen molar-refractivity contribution in [3.05, 3.63) is 42.2 Å². The fraction of sp³-hybridized carbons (Fsp3) is 0.594. The highest BCUT2D eigenvalue weighted by molar-refractivity contribution is 5.94. The predicted octanol–water partition coefficient (Wildman–Crippen LogP) is 5.45. The van der Waals surface area contributed by atoms with Gasteiger partial charge in [-0.1, -0.05) is 24.3 Å². The Bertz CT molecular complexity index is 1340. The average molecular weight is 561 g/mol. The van der Waals surface area contributed by atoms with Crippen LogP contribution in [-0.2, 0) is 11.3 Å². The molecule has 0 spiro atoms. The van der Waals surface area contributed by atoms with Gasteiger partial charge in [0.25, 0.3) is 0 Å². The summed E-state index contributed by atoms with van der Waals surface area (Å²) in [6.07, 6.45) is 9.97. The van der Waals surface area contributed by atoms with Crippen molar-refractivity contribution in [1.82, 2.24) is 24.3 Å². The van der Waals surface area contributed by atoms with Crippen LogP contribution in [0.25, 0.3) is 22.2 Å². The smallest absolute Gasteiger partial charge is 0.410 e. The maximum absolute atomic E-state index is 12.4. The molecule has 1 amide bonds. The number of ether oxygens (including phenoxy) is 1. The summed E-state index contributed by atoms with van der Waals surface area (Å²) in [5, 5.41) is 14.6. The third-order valence-electron chi connectivity index (χ3n) is 8.57. The van der Waals surface area contributed by atoms with E-state index in [9.17, 15) is 9.90 Å². The number of hydrogen-bond donors (Lipinski definition) is 2. The van der Waals surface area contributed by atoms with Crippen LogP contribution < -0.4 is 5.32 Å². The molecule has 2 aromatic heterocycles. The lowest BCUT2D eigenvalue weighted by Gasteiger charge is -2.35. The fourth-order valence-corrected chi connectivity index (χ4v) is 5.98. The number of aromatic nitrogens is 3. The van der Waals surface area contributed by atoms with Crippen LogP contribution in [0.3, 0.4) is 0 Å². The van der Waals surface area contributed by atoms with Gasteiger partial charge in [-0.15, -0.1) is 0 Å². The molecule has 2 aliphatic carbocycles. The highest BCUT2D eigenvalue weighted by atomic mass is 16.6. The Morgan fingerprint density at radius 1 is 1.02 bits per heavy atom. The topological polar surface area (TPSA) is 95.8 Å². The lowest BCUT2D eigenvalue weighted by atomic mass is 9.93. The Balaban J connectivity index is 1.16. The van der Waals surface area contributed by atoms with Gasteiger partial charge in [-0.2, -0.15) is 4.98 Å². The van der Waals surface area contributed by atoms with Crippen molar-refractivity contribution in [3.63, 3.8) is 0 Å². The Kier molecular flexibility index (Phi) is 7.92. The molecule has 0 atom stereocenters. The van der Waals surface area contributed by atoms with Crippen molar-refractivity contribution >= 4 is 23.1 Å². The van der Waals surface area contributed by atoms with Gasteiger partial charge in [-0.05, 0) is 76.3 Å². The van der Waals surface area contributed by atoms with Crippen LogP contribution in [0.4, 0.5) is 10.7 Å². The van der Waals surface area contributed by atoms with Crippen LogP contribution >= 0.6 is 0 Å². The van der Waals surface area contributed by atoms with Gasteiger partial charge in [0.05, 0.1) is 6.10 Å². The quantitative estimate of drug-likeness (QED) is 0.397. The maximum Gasteiger partial charge on any atom is 0.410 e. The third kappa shape index (κ3) is 6.84. The van der Waals surface area contributed by atoms with Crippen LogP contribution in [0.2, 0.25) is 0 Å². The van der Waals surface area contributed by atoms with E-state index in [1.165, 1.54) is 18.4 Å². The third-order valence-corrected chi connectivity index (χ3v) is 8.57. The molecule has 1 aromatic carbocycles. The summed E-state index contributed by atoms with van der Waals surface area (Å²) < 4.78 is 7.87. The molecule has 3 fully saturated rings. The van der Waals surface area contributed by atoms with Gasteiger partial charge in [0, 0.05) is 68.7 Å². The molecule has 6 rings (SSSR count). The molecular weight excluding hydrogens is 516 g/mol. The number of carbonyl (C=O) groups is 1. The van der Waals surface area contributed by atoms with E-state index in [1.807, 2.05) is 31.9 Å². The monoisotopic (exact) mass is 560 g/mol. The second-order valence-electron chi connectivity index (χ2n) is 13.1. The number of aliphatic hydroxyl groups excluding tert-OH is 1. The van der Waals surface area contributed by atoms with Crippen molar-refractivity contribution in [2.45, 2.75) is 83.6 Å². The van der Waals surface area contributed by atoms with Crippen molar-refractivity contribution in [1.29, 1.82) is 0 Å². The van der Waals surface area contributed by atoms with Gasteiger partial charge in [0.2, 0.25) is 5.95 Å². The van der Waals surface area contributed by atoms with Crippen LogP contribution in [0.15, 0.2) is 36.7 Å². The molecule has 3 heterocycles. The Morgan fingerprint density at radius 3 is 2.39 bits per heavy atom. The number of fused-ring (bicyclic) bond motifs is 1. The number of anilines is 1. The number of nitrogens with zero attached hydrogens (tertiary/aromatic N) is 5. The van der Waals surface area contributed by atoms with E-state index in [1.54, 1.807) is 0 Å². The Labute approximate surface area is 242 Å². The minimum absolute atomic E-state index is 0.189. The van der Waals surface area contributed by atoms with E-state index < -0.39 is 5.60 Å². The minimum atomic E-state index is -0.470. The number of amides is 1. The molecule has 3 aliphatic rings. The van der Waals surface area contributed by atoms with Crippen molar-refractivity contribution in [2.24, 2.45) is 5.92 Å². The molecule has 0 bridgehead atoms. The van der Waals surface area contributed by atoms with Gasteiger partial charge < -0.3 is 24.6 Å². The molecule has 9 nitrogen and oxygen atoms in total. The van der Waals surface area contributed by atoms with Crippen molar-refractivity contribution in [2.75, 3.05) is 38.0 Å². The SMILES string of the molecule is CC(C)(C)OC(=O)N1CCN(Cc2ccc(-c3cn(C4CCC(O)CC4)c4nc(NCC5CC5)ncc34)cc2)CC1. The highest BCUT2D eigenvalue weighted by Gasteiger charge is 2.27. The maximum atomic E-state index is 12.4. The summed E-state index contributed by atoms with van der Waals surface area (Å²) in [7, 11) is 0. The van der Waals surface area contributed by atoms with E-state index in [0.29, 0.717) is 25.1 Å². The zero-order valence-corrected chi connectivity index (χ0v) is 24.7. The molecule has 0 unspecified atom stereocenters. The lowest BCUT2D eigenvalue weighted by Crippen LogP contribution is -2.49. The lowest BCUT2D eigenvalue weighted by molar-refractivity contribution is 0.0139. The van der Waals surface area contributed by atoms with Crippen molar-refractivity contribution in [3.8, 4) is 11.1 Å². The number of nitrogens with one attached hydrogen (secondary N) is 1. The summed E-state index contributed by atoms with van der Waals surface area (Å²) in [5.41, 5.74) is 4.07. The number of rotatable bonds is 7. The van der Waals surface area contributed by atoms with E-state index in [0.717, 1.165) is 79.9 Å². The molecule has 9 heteroatoms. The summed E-state index contributed by atoms with van der Waals surface area (Å²) in [6.45, 7) is 10.5. The summed E-state index contributed by atoms with van der Waals surface area (Å²) in [5.74, 6) is 1.46. The van der Waals surface area contributed by atoms with Crippen LogP contribution in [0.1, 0.15) is 70.9 Å². The summed E-state index contributed by atoms with van der Waals surface area (Å²) in [6, 6.07) is 9.16. The molecule has 2 N–H and O–H groups in total. The van der Waals surface area contributed by atoms with Crippen LogP contribution in [0.5, 0.6) is 0 Å². The number of carbonyl (C=O) groups excluding carboxylic acids is 1. The molecule has 2 saturated carbocycles. The Hall–Kier alpha value is -3.17. The standard InChI is InChI=1S/C32H44N6O3/c1-32(2,3)41-31(40)37-16-14-36(15-17-37)20-23-6-8-24(9-7-23)28-21-38(25-10-12-26(39)13-11-25)29-27(28)19-34-30(35-29)33-18-22-4-5-22/h6-9,19,21-22,25-26,39H,4-5,10-18,20H2,1-3H3,(H,33,34,35). The molecule has 3 aromatic rings. The Morgan fingerprint density at radius 2 is 1.73 bits per heavy atom. The highest BCUT2D eigenvalue weighted by Crippen LogP contribution is 2.37. The normalized spacial score (nSPS) is 22.2. The zero-order valence-electron chi connectivity index (χ0n) is 24.7. The van der Waals surface area contributed by atoms with Gasteiger partial charge >= 0.3 is 6.09 Å². The van der Waals surface area contributed by atoms with E-state index in [4.69, 9.17) is 9.72 Å². The predicted molar refractivity (Wildman–Crippen MR) is 161 cm³/mol. The van der Waals surface area contributed by atoms with E-state index in [2.05, 4.69) is 50.2 Å². The first-order valence-electron chi connectivity index (χ1n) is 15.3. The molecule has 0 radical (unpaired) electrons. The van der Waals surface area contributed by atoms with Crippen LogP contribution in [0, 0.1) is 5.92 Å². The summed E-state index contributed by atoms with van der Waals surface area (Å²) in [4.78, 5) is 26.3. The second-order valence-corrected chi connectivity index (χ2v) is 13.1. The van der Waals surface area contributed by atoms with Gasteiger partial charge in [0.15, 0.2) is 0 Å². The first-order valence-corrected chi connectivity index (χ1v) is 15.3. The average Bonchev–Trinajstić information content (AvgIpc) is 3.71. The number of piperazine rings is 1. The number of hydrogen-bond acceptors (Lipinski definition) is 7. The van der Waals surface area contributed by atoms with Gasteiger partial charge in [-0.25, -0.2) is 9.78 Å². The van der Waals surface area contributed by atoms with Gasteiger partial charge in [0.1, 0.15) is 11.2 Å². The molecule has 41 heavy (non-hydrogen) atoms. The van der Waals surface area contributed by atoms with E-state index in [-0.39, 0.29) is 12.2 Å². The van der Waals surface area contributed by atoms with Crippen molar-refractivity contribution < 1.29 is 14.6 Å². The van der Waals surface area contributed by atoms with Crippen LogP contribution in [-0.4, -0.2) is 80.0 Å². The number of aliphatic hydroxyl groups is 1. The zero-order chi connectivity index (χ0) is 28.6. The summed E-state index contributed by atoms with van der Waals surface area (Å²) >= 11 is 0.